The molecule has 3 rings (SSSR count). The van der Waals surface area contributed by atoms with Gasteiger partial charge in [0, 0.05) is 44.4 Å². The average molecular weight is 386 g/mol. The molecule has 0 bridgehead atoms. The van der Waals surface area contributed by atoms with E-state index in [4.69, 9.17) is 9.47 Å². The van der Waals surface area contributed by atoms with E-state index in [1.54, 1.807) is 7.11 Å². The molecule has 1 aliphatic rings. The molecule has 0 saturated carbocycles. The number of amides is 1. The van der Waals surface area contributed by atoms with Crippen molar-refractivity contribution in [2.45, 2.75) is 33.0 Å². The fraction of sp³-hybridized carbons (Fsp3) is 0.524. The SMILES string of the molecule is CCN(CCNC(=O)c1nn(CCOC)c2c1COCC2)Cc1ccccc1. The molecule has 0 fully saturated rings. The number of carbonyl (C=O) groups is 1. The molecule has 1 aliphatic heterocycles. The molecule has 2 heterocycles. The van der Waals surface area contributed by atoms with Crippen molar-refractivity contribution in [2.75, 3.05) is 40.0 Å². The fourth-order valence-electron chi connectivity index (χ4n) is 3.46. The Bertz CT molecular complexity index is 761. The lowest BCUT2D eigenvalue weighted by Crippen LogP contribution is -2.35. The number of nitrogens with zero attached hydrogens (tertiary/aromatic N) is 3. The third kappa shape index (κ3) is 5.19. The molecule has 152 valence electrons. The first-order valence-corrected chi connectivity index (χ1v) is 9.92. The van der Waals surface area contributed by atoms with Crippen LogP contribution in [-0.2, 0) is 35.6 Å². The second-order valence-corrected chi connectivity index (χ2v) is 6.90. The van der Waals surface area contributed by atoms with Crippen molar-refractivity contribution in [3.63, 3.8) is 0 Å². The number of fused-ring (bicyclic) bond motifs is 1. The van der Waals surface area contributed by atoms with Gasteiger partial charge >= 0.3 is 0 Å². The summed E-state index contributed by atoms with van der Waals surface area (Å²) in [5, 5.41) is 7.57. The maximum atomic E-state index is 12.7. The number of rotatable bonds is 10. The third-order valence-electron chi connectivity index (χ3n) is 5.03. The second-order valence-electron chi connectivity index (χ2n) is 6.90. The van der Waals surface area contributed by atoms with E-state index in [0.29, 0.717) is 38.6 Å². The van der Waals surface area contributed by atoms with E-state index in [1.807, 2.05) is 10.7 Å². The summed E-state index contributed by atoms with van der Waals surface area (Å²) < 4.78 is 12.6. The van der Waals surface area contributed by atoms with Crippen molar-refractivity contribution < 1.29 is 14.3 Å². The zero-order valence-corrected chi connectivity index (χ0v) is 16.8. The third-order valence-corrected chi connectivity index (χ3v) is 5.03. The molecule has 1 aromatic heterocycles. The zero-order valence-electron chi connectivity index (χ0n) is 16.8. The van der Waals surface area contributed by atoms with Crippen LogP contribution in [0.5, 0.6) is 0 Å². The molecule has 1 amide bonds. The van der Waals surface area contributed by atoms with E-state index >= 15 is 0 Å². The molecule has 7 heteroatoms. The Balaban J connectivity index is 1.57. The Morgan fingerprint density at radius 2 is 2.18 bits per heavy atom. The summed E-state index contributed by atoms with van der Waals surface area (Å²) in [5.74, 6) is -0.131. The van der Waals surface area contributed by atoms with Crippen LogP contribution < -0.4 is 5.32 Å². The number of likely N-dealkylation sites (N-methyl/N-ethyl adjacent to an activating group) is 1. The number of methoxy groups -OCH3 is 1. The molecule has 0 unspecified atom stereocenters. The Morgan fingerprint density at radius 1 is 1.36 bits per heavy atom. The van der Waals surface area contributed by atoms with Gasteiger partial charge in [0.15, 0.2) is 5.69 Å². The van der Waals surface area contributed by atoms with Crippen molar-refractivity contribution in [2.24, 2.45) is 0 Å². The summed E-state index contributed by atoms with van der Waals surface area (Å²) in [4.78, 5) is 15.1. The van der Waals surface area contributed by atoms with E-state index in [9.17, 15) is 4.79 Å². The Labute approximate surface area is 166 Å². The van der Waals surface area contributed by atoms with Crippen LogP contribution in [-0.4, -0.2) is 60.5 Å². The predicted molar refractivity (Wildman–Crippen MR) is 107 cm³/mol. The lowest BCUT2D eigenvalue weighted by atomic mass is 10.1. The number of ether oxygens (including phenoxy) is 2. The molecule has 0 atom stereocenters. The van der Waals surface area contributed by atoms with Crippen LogP contribution in [0.3, 0.4) is 0 Å². The van der Waals surface area contributed by atoms with E-state index < -0.39 is 0 Å². The first-order valence-electron chi connectivity index (χ1n) is 9.92. The van der Waals surface area contributed by atoms with E-state index in [0.717, 1.165) is 37.3 Å². The molecule has 7 nitrogen and oxygen atoms in total. The quantitative estimate of drug-likeness (QED) is 0.675. The Hall–Kier alpha value is -2.22. The highest BCUT2D eigenvalue weighted by Gasteiger charge is 2.25. The monoisotopic (exact) mass is 386 g/mol. The first-order chi connectivity index (χ1) is 13.7. The summed E-state index contributed by atoms with van der Waals surface area (Å²) in [6.45, 7) is 7.64. The molecular formula is C21H30N4O3. The summed E-state index contributed by atoms with van der Waals surface area (Å²) in [5.41, 5.74) is 3.76. The zero-order chi connectivity index (χ0) is 19.8. The summed E-state index contributed by atoms with van der Waals surface area (Å²) in [7, 11) is 1.67. The summed E-state index contributed by atoms with van der Waals surface area (Å²) in [6, 6.07) is 10.4. The highest BCUT2D eigenvalue weighted by Crippen LogP contribution is 2.21. The van der Waals surface area contributed by atoms with Gasteiger partial charge in [0.1, 0.15) is 0 Å². The number of aromatic nitrogens is 2. The molecule has 0 saturated heterocycles. The molecule has 1 N–H and O–H groups in total. The van der Waals surface area contributed by atoms with Crippen molar-refractivity contribution in [3.05, 3.63) is 52.8 Å². The molecule has 0 spiro atoms. The normalized spacial score (nSPS) is 13.5. The Morgan fingerprint density at radius 3 is 2.93 bits per heavy atom. The maximum Gasteiger partial charge on any atom is 0.272 e. The van der Waals surface area contributed by atoms with Crippen molar-refractivity contribution in [1.82, 2.24) is 20.0 Å². The minimum atomic E-state index is -0.131. The van der Waals surface area contributed by atoms with Gasteiger partial charge in [0.2, 0.25) is 0 Å². The molecule has 0 aliphatic carbocycles. The topological polar surface area (TPSA) is 68.6 Å². The first kappa shape index (κ1) is 20.5. The molecule has 28 heavy (non-hydrogen) atoms. The van der Waals surface area contributed by atoms with Gasteiger partial charge in [0.25, 0.3) is 5.91 Å². The number of hydrogen-bond donors (Lipinski definition) is 1. The van der Waals surface area contributed by atoms with Crippen LogP contribution in [0.25, 0.3) is 0 Å². The van der Waals surface area contributed by atoms with Crippen molar-refractivity contribution in [3.8, 4) is 0 Å². The van der Waals surface area contributed by atoms with Gasteiger partial charge in [-0.05, 0) is 12.1 Å². The summed E-state index contributed by atoms with van der Waals surface area (Å²) in [6.07, 6.45) is 0.778. The number of nitrogens with one attached hydrogen (secondary N) is 1. The molecular weight excluding hydrogens is 356 g/mol. The summed E-state index contributed by atoms with van der Waals surface area (Å²) >= 11 is 0. The van der Waals surface area contributed by atoms with Crippen LogP contribution >= 0.6 is 0 Å². The van der Waals surface area contributed by atoms with E-state index in [2.05, 4.69) is 46.5 Å². The van der Waals surface area contributed by atoms with Gasteiger partial charge in [0.05, 0.1) is 26.4 Å². The van der Waals surface area contributed by atoms with Crippen LogP contribution in [0.15, 0.2) is 30.3 Å². The van der Waals surface area contributed by atoms with Gasteiger partial charge in [-0.2, -0.15) is 5.10 Å². The molecule has 0 radical (unpaired) electrons. The number of benzene rings is 1. The van der Waals surface area contributed by atoms with Crippen molar-refractivity contribution >= 4 is 5.91 Å². The van der Waals surface area contributed by atoms with Crippen molar-refractivity contribution in [1.29, 1.82) is 0 Å². The van der Waals surface area contributed by atoms with Crippen LogP contribution in [0, 0.1) is 0 Å². The van der Waals surface area contributed by atoms with Crippen LogP contribution in [0.1, 0.15) is 34.2 Å². The van der Waals surface area contributed by atoms with Gasteiger partial charge in [-0.25, -0.2) is 0 Å². The maximum absolute atomic E-state index is 12.7. The van der Waals surface area contributed by atoms with Crippen LogP contribution in [0.4, 0.5) is 0 Å². The highest BCUT2D eigenvalue weighted by atomic mass is 16.5. The van der Waals surface area contributed by atoms with Crippen LogP contribution in [0.2, 0.25) is 0 Å². The smallest absolute Gasteiger partial charge is 0.272 e. The van der Waals surface area contributed by atoms with Gasteiger partial charge in [-0.1, -0.05) is 37.3 Å². The standard InChI is InChI=1S/C21H30N4O3/c1-3-24(15-17-7-5-4-6-8-17)11-10-22-21(26)20-18-16-28-13-9-19(18)25(23-20)12-14-27-2/h4-8H,3,9-16H2,1-2H3,(H,22,26). The minimum absolute atomic E-state index is 0.131. The fourth-order valence-corrected chi connectivity index (χ4v) is 3.46. The largest absolute Gasteiger partial charge is 0.383 e. The Kier molecular flexibility index (Phi) is 7.59. The van der Waals surface area contributed by atoms with Gasteiger partial charge in [-0.3, -0.25) is 14.4 Å². The van der Waals surface area contributed by atoms with E-state index in [1.165, 1.54) is 5.56 Å². The average Bonchev–Trinajstić information content (AvgIpc) is 3.11. The van der Waals surface area contributed by atoms with E-state index in [-0.39, 0.29) is 5.91 Å². The number of hydrogen-bond acceptors (Lipinski definition) is 5. The lowest BCUT2D eigenvalue weighted by Gasteiger charge is -2.20. The minimum Gasteiger partial charge on any atom is -0.383 e. The molecule has 2 aromatic rings. The molecule has 1 aromatic carbocycles. The predicted octanol–water partition coefficient (Wildman–Crippen LogP) is 1.85. The lowest BCUT2D eigenvalue weighted by molar-refractivity contribution is 0.0920. The highest BCUT2D eigenvalue weighted by molar-refractivity contribution is 5.94. The number of carbonyl (C=O) groups excluding carboxylic acids is 1. The van der Waals surface area contributed by atoms with Gasteiger partial charge < -0.3 is 14.8 Å². The van der Waals surface area contributed by atoms with Gasteiger partial charge in [-0.15, -0.1) is 0 Å². The second kappa shape index (κ2) is 10.4.